The van der Waals surface area contributed by atoms with Gasteiger partial charge >= 0.3 is 6.18 Å². The molecule has 0 aliphatic heterocycles. The lowest BCUT2D eigenvalue weighted by molar-refractivity contribution is -0.184. The van der Waals surface area contributed by atoms with E-state index in [9.17, 15) is 17.6 Å². The van der Waals surface area contributed by atoms with Gasteiger partial charge in [-0.3, -0.25) is 0 Å². The van der Waals surface area contributed by atoms with Crippen molar-refractivity contribution in [1.82, 2.24) is 0 Å². The molecule has 0 saturated heterocycles. The number of hydrogen-bond donors (Lipinski definition) is 1. The second kappa shape index (κ2) is 5.70. The molecule has 0 radical (unpaired) electrons. The molecule has 0 amide bonds. The number of rotatable bonds is 2. The Kier molecular flexibility index (Phi) is 4.17. The van der Waals surface area contributed by atoms with Crippen LogP contribution >= 0.6 is 0 Å². The van der Waals surface area contributed by atoms with Crippen LogP contribution < -0.4 is 5.32 Å². The van der Waals surface area contributed by atoms with Crippen LogP contribution in [0, 0.1) is 23.1 Å². The fraction of sp³-hybridized carbons (Fsp3) is 0.500. The van der Waals surface area contributed by atoms with E-state index < -0.39 is 24.0 Å². The zero-order chi connectivity index (χ0) is 14.8. The van der Waals surface area contributed by atoms with Crippen LogP contribution in [0.4, 0.5) is 23.2 Å². The summed E-state index contributed by atoms with van der Waals surface area (Å²) in [5.74, 6) is -2.07. The third-order valence-corrected chi connectivity index (χ3v) is 3.63. The molecule has 6 heteroatoms. The maximum atomic E-state index is 13.2. The Morgan fingerprint density at radius 1 is 1.20 bits per heavy atom. The predicted molar refractivity (Wildman–Crippen MR) is 66.5 cm³/mol. The molecule has 1 aromatic rings. The van der Waals surface area contributed by atoms with E-state index in [1.54, 1.807) is 6.07 Å². The number of anilines is 1. The number of nitriles is 1. The molecule has 20 heavy (non-hydrogen) atoms. The van der Waals surface area contributed by atoms with E-state index in [0.717, 1.165) is 12.5 Å². The van der Waals surface area contributed by atoms with Gasteiger partial charge in [-0.05, 0) is 31.0 Å². The maximum Gasteiger partial charge on any atom is 0.393 e. The van der Waals surface area contributed by atoms with Gasteiger partial charge in [0.05, 0.1) is 11.5 Å². The third-order valence-electron chi connectivity index (χ3n) is 3.63. The minimum Gasteiger partial charge on any atom is -0.382 e. The number of nitrogens with zero attached hydrogens (tertiary/aromatic N) is 1. The summed E-state index contributed by atoms with van der Waals surface area (Å²) < 4.78 is 52.0. The van der Waals surface area contributed by atoms with E-state index >= 15 is 0 Å². The van der Waals surface area contributed by atoms with Gasteiger partial charge in [-0.15, -0.1) is 0 Å². The van der Waals surface area contributed by atoms with Crippen molar-refractivity contribution >= 4 is 5.69 Å². The first-order chi connectivity index (χ1) is 9.41. The van der Waals surface area contributed by atoms with Gasteiger partial charge in [0.1, 0.15) is 11.9 Å². The van der Waals surface area contributed by atoms with E-state index in [0.29, 0.717) is 18.5 Å². The zero-order valence-corrected chi connectivity index (χ0v) is 10.7. The first-order valence-corrected chi connectivity index (χ1v) is 6.44. The molecule has 2 nitrogen and oxygen atoms in total. The van der Waals surface area contributed by atoms with E-state index in [2.05, 4.69) is 5.32 Å². The minimum atomic E-state index is -4.24. The summed E-state index contributed by atoms with van der Waals surface area (Å²) in [5, 5.41) is 11.5. The van der Waals surface area contributed by atoms with Gasteiger partial charge in [-0.2, -0.15) is 18.4 Å². The fourth-order valence-corrected chi connectivity index (χ4v) is 2.61. The molecule has 0 bridgehead atoms. The van der Waals surface area contributed by atoms with Gasteiger partial charge in [0.25, 0.3) is 0 Å². The molecule has 1 aliphatic carbocycles. The lowest BCUT2D eigenvalue weighted by Gasteiger charge is -2.34. The lowest BCUT2D eigenvalue weighted by atomic mass is 9.84. The molecule has 2 rings (SSSR count). The molecule has 0 spiro atoms. The SMILES string of the molecule is N#Cc1cc(NC2CCCCC2C(F)(F)F)ccc1F. The molecular formula is C14H14F4N2. The van der Waals surface area contributed by atoms with Crippen molar-refractivity contribution < 1.29 is 17.6 Å². The van der Waals surface area contributed by atoms with Gasteiger partial charge < -0.3 is 5.32 Å². The monoisotopic (exact) mass is 286 g/mol. The number of hydrogen-bond acceptors (Lipinski definition) is 2. The molecular weight excluding hydrogens is 272 g/mol. The summed E-state index contributed by atoms with van der Waals surface area (Å²) in [5.41, 5.74) is 0.179. The summed E-state index contributed by atoms with van der Waals surface area (Å²) in [6.07, 6.45) is -2.42. The number of alkyl halides is 3. The largest absolute Gasteiger partial charge is 0.393 e. The summed E-state index contributed by atoms with van der Waals surface area (Å²) >= 11 is 0. The van der Waals surface area contributed by atoms with Crippen molar-refractivity contribution in [3.8, 4) is 6.07 Å². The van der Waals surface area contributed by atoms with Crippen molar-refractivity contribution in [1.29, 1.82) is 5.26 Å². The van der Waals surface area contributed by atoms with Crippen LogP contribution in [0.15, 0.2) is 18.2 Å². The van der Waals surface area contributed by atoms with Crippen LogP contribution in [0.1, 0.15) is 31.2 Å². The van der Waals surface area contributed by atoms with Gasteiger partial charge in [-0.1, -0.05) is 12.8 Å². The van der Waals surface area contributed by atoms with Crippen molar-refractivity contribution in [2.24, 2.45) is 5.92 Å². The summed E-state index contributed by atoms with van der Waals surface area (Å²) in [6.45, 7) is 0. The molecule has 0 heterocycles. The van der Waals surface area contributed by atoms with Crippen molar-refractivity contribution in [2.45, 2.75) is 37.9 Å². The Hall–Kier alpha value is -1.77. The van der Waals surface area contributed by atoms with Gasteiger partial charge in [-0.25, -0.2) is 4.39 Å². The highest BCUT2D eigenvalue weighted by Crippen LogP contribution is 2.39. The van der Waals surface area contributed by atoms with E-state index in [1.165, 1.54) is 12.1 Å². The Morgan fingerprint density at radius 3 is 2.55 bits per heavy atom. The Morgan fingerprint density at radius 2 is 1.90 bits per heavy atom. The standard InChI is InChI=1S/C14H14F4N2/c15-12-6-5-10(7-9(12)8-19)20-13-4-2-1-3-11(13)14(16,17)18/h5-7,11,13,20H,1-4H2. The Labute approximate surface area is 114 Å². The molecule has 0 aromatic heterocycles. The fourth-order valence-electron chi connectivity index (χ4n) is 2.61. The quantitative estimate of drug-likeness (QED) is 0.826. The Bertz CT molecular complexity index is 519. The van der Waals surface area contributed by atoms with E-state index in [4.69, 9.17) is 5.26 Å². The second-order valence-corrected chi connectivity index (χ2v) is 4.99. The van der Waals surface area contributed by atoms with Crippen LogP contribution in [0.5, 0.6) is 0 Å². The number of halogens is 4. The van der Waals surface area contributed by atoms with Crippen LogP contribution in [0.2, 0.25) is 0 Å². The van der Waals surface area contributed by atoms with Crippen molar-refractivity contribution in [3.05, 3.63) is 29.6 Å². The molecule has 108 valence electrons. The highest BCUT2D eigenvalue weighted by atomic mass is 19.4. The van der Waals surface area contributed by atoms with Crippen LogP contribution in [-0.2, 0) is 0 Å². The van der Waals surface area contributed by atoms with Gasteiger partial charge in [0.2, 0.25) is 0 Å². The topological polar surface area (TPSA) is 35.8 Å². The summed E-state index contributed by atoms with van der Waals surface area (Å²) in [7, 11) is 0. The molecule has 1 saturated carbocycles. The zero-order valence-electron chi connectivity index (χ0n) is 10.7. The normalized spacial score (nSPS) is 23.1. The number of benzene rings is 1. The minimum absolute atomic E-state index is 0.105. The summed E-state index contributed by atoms with van der Waals surface area (Å²) in [4.78, 5) is 0. The van der Waals surface area contributed by atoms with Gasteiger partial charge in [0, 0.05) is 11.7 Å². The number of nitrogens with one attached hydrogen (secondary N) is 1. The maximum absolute atomic E-state index is 13.2. The van der Waals surface area contributed by atoms with Crippen molar-refractivity contribution in [2.75, 3.05) is 5.32 Å². The molecule has 2 atom stereocenters. The Balaban J connectivity index is 2.17. The first-order valence-electron chi connectivity index (χ1n) is 6.44. The highest BCUT2D eigenvalue weighted by molar-refractivity contribution is 5.50. The first kappa shape index (κ1) is 14.6. The lowest BCUT2D eigenvalue weighted by Crippen LogP contribution is -2.41. The average Bonchev–Trinajstić information content (AvgIpc) is 2.40. The predicted octanol–water partition coefficient (Wildman–Crippen LogP) is 4.23. The average molecular weight is 286 g/mol. The smallest absolute Gasteiger partial charge is 0.382 e. The third kappa shape index (κ3) is 3.21. The van der Waals surface area contributed by atoms with Crippen LogP contribution in [0.3, 0.4) is 0 Å². The molecule has 1 N–H and O–H groups in total. The molecule has 1 aromatic carbocycles. The van der Waals surface area contributed by atoms with Gasteiger partial charge in [0.15, 0.2) is 0 Å². The molecule has 1 aliphatic rings. The second-order valence-electron chi connectivity index (χ2n) is 4.99. The van der Waals surface area contributed by atoms with Crippen LogP contribution in [0.25, 0.3) is 0 Å². The van der Waals surface area contributed by atoms with E-state index in [1.807, 2.05) is 0 Å². The molecule has 2 unspecified atom stereocenters. The van der Waals surface area contributed by atoms with E-state index in [-0.39, 0.29) is 12.0 Å². The highest BCUT2D eigenvalue weighted by Gasteiger charge is 2.45. The summed E-state index contributed by atoms with van der Waals surface area (Å²) in [6, 6.07) is 4.65. The van der Waals surface area contributed by atoms with Crippen LogP contribution in [-0.4, -0.2) is 12.2 Å². The molecule has 1 fully saturated rings. The van der Waals surface area contributed by atoms with Crippen molar-refractivity contribution in [3.63, 3.8) is 0 Å².